The fraction of sp³-hybridized carbons (Fsp3) is 0. The van der Waals surface area contributed by atoms with Crippen molar-refractivity contribution in [1.82, 2.24) is 4.98 Å². The lowest BCUT2D eigenvalue weighted by molar-refractivity contribution is 0.654. The first-order valence-electron chi connectivity index (χ1n) is 12.1. The van der Waals surface area contributed by atoms with E-state index in [-0.39, 0.29) is 0 Å². The monoisotopic (exact) mass is 460 g/mol. The second-order valence-corrected chi connectivity index (χ2v) is 9.27. The zero-order valence-corrected chi connectivity index (χ0v) is 19.3. The molecule has 1 N–H and O–H groups in total. The van der Waals surface area contributed by atoms with Gasteiger partial charge in [0.25, 0.3) is 0 Å². The Morgan fingerprint density at radius 2 is 1.22 bits per heavy atom. The van der Waals surface area contributed by atoms with Gasteiger partial charge in [-0.3, -0.25) is 0 Å². The molecule has 0 fully saturated rings. The number of pyridine rings is 1. The third kappa shape index (κ3) is 2.71. The van der Waals surface area contributed by atoms with Gasteiger partial charge in [-0.05, 0) is 68.4 Å². The molecule has 0 saturated carbocycles. The van der Waals surface area contributed by atoms with Crippen molar-refractivity contribution in [2.75, 3.05) is 5.32 Å². The highest BCUT2D eigenvalue weighted by Crippen LogP contribution is 2.49. The van der Waals surface area contributed by atoms with E-state index < -0.39 is 0 Å². The SMILES string of the molecule is c1ccc2c(c1)-c1cccc3c(-c4ccc(Nc5ccnc6oc7ccccc7c56)cc4)ccc-2c13. The summed E-state index contributed by atoms with van der Waals surface area (Å²) in [5, 5.41) is 8.29. The molecule has 8 rings (SSSR count). The van der Waals surface area contributed by atoms with Crippen LogP contribution in [-0.2, 0) is 0 Å². The Morgan fingerprint density at radius 1 is 0.528 bits per heavy atom. The Hall–Kier alpha value is -4.89. The van der Waals surface area contributed by atoms with Crippen molar-refractivity contribution in [2.45, 2.75) is 0 Å². The highest BCUT2D eigenvalue weighted by molar-refractivity contribution is 6.18. The highest BCUT2D eigenvalue weighted by Gasteiger charge is 2.22. The van der Waals surface area contributed by atoms with Gasteiger partial charge in [0.05, 0.1) is 11.1 Å². The van der Waals surface area contributed by atoms with Crippen LogP contribution in [0.5, 0.6) is 0 Å². The summed E-state index contributed by atoms with van der Waals surface area (Å²) in [4.78, 5) is 4.43. The molecule has 2 heterocycles. The molecule has 0 bridgehead atoms. The number of aromatic nitrogens is 1. The Kier molecular flexibility index (Phi) is 3.94. The normalized spacial score (nSPS) is 11.9. The fourth-order valence-corrected chi connectivity index (χ4v) is 5.70. The summed E-state index contributed by atoms with van der Waals surface area (Å²) in [6.45, 7) is 0. The van der Waals surface area contributed by atoms with Crippen LogP contribution < -0.4 is 5.32 Å². The topological polar surface area (TPSA) is 38.1 Å². The van der Waals surface area contributed by atoms with Gasteiger partial charge in [-0.1, -0.05) is 84.9 Å². The first kappa shape index (κ1) is 19.4. The minimum atomic E-state index is 0.645. The van der Waals surface area contributed by atoms with Crippen molar-refractivity contribution >= 4 is 44.2 Å². The smallest absolute Gasteiger partial charge is 0.229 e. The molecule has 0 radical (unpaired) electrons. The molecular weight excluding hydrogens is 440 g/mol. The summed E-state index contributed by atoms with van der Waals surface area (Å²) < 4.78 is 5.95. The Morgan fingerprint density at radius 3 is 2.08 bits per heavy atom. The maximum atomic E-state index is 5.95. The minimum Gasteiger partial charge on any atom is -0.438 e. The summed E-state index contributed by atoms with van der Waals surface area (Å²) in [6, 6.07) is 38.6. The molecule has 36 heavy (non-hydrogen) atoms. The zero-order valence-electron chi connectivity index (χ0n) is 19.3. The third-order valence-electron chi connectivity index (χ3n) is 7.30. The molecule has 0 amide bonds. The highest BCUT2D eigenvalue weighted by atomic mass is 16.3. The van der Waals surface area contributed by atoms with Gasteiger partial charge in [-0.2, -0.15) is 0 Å². The Labute approximate surface area is 207 Å². The molecule has 0 atom stereocenters. The Bertz CT molecular complexity index is 1940. The number of anilines is 2. The van der Waals surface area contributed by atoms with Crippen molar-refractivity contribution in [3.05, 3.63) is 115 Å². The van der Waals surface area contributed by atoms with Gasteiger partial charge in [0, 0.05) is 17.3 Å². The van der Waals surface area contributed by atoms with E-state index in [0.29, 0.717) is 5.71 Å². The van der Waals surface area contributed by atoms with Crippen molar-refractivity contribution in [3.63, 3.8) is 0 Å². The number of hydrogen-bond acceptors (Lipinski definition) is 3. The van der Waals surface area contributed by atoms with E-state index in [0.717, 1.165) is 27.7 Å². The van der Waals surface area contributed by atoms with E-state index >= 15 is 0 Å². The standard InChI is InChI=1S/C33H20N2O/c1-2-7-24-23(6-1)26-10-5-9-25-22(16-17-27(24)31(25)26)20-12-14-21(15-13-20)35-29-18-19-34-33-32(29)28-8-3-4-11-30(28)36-33/h1-19H,(H,34,35). The van der Waals surface area contributed by atoms with Gasteiger partial charge in [0.1, 0.15) is 5.58 Å². The number of furan rings is 1. The van der Waals surface area contributed by atoms with Crippen LogP contribution in [0.15, 0.2) is 120 Å². The van der Waals surface area contributed by atoms with Crippen LogP contribution in [0.25, 0.3) is 66.2 Å². The Balaban J connectivity index is 1.20. The fourth-order valence-electron chi connectivity index (χ4n) is 5.70. The van der Waals surface area contributed by atoms with E-state index in [1.165, 1.54) is 44.2 Å². The second-order valence-electron chi connectivity index (χ2n) is 9.27. The molecule has 168 valence electrons. The van der Waals surface area contributed by atoms with E-state index in [4.69, 9.17) is 4.42 Å². The van der Waals surface area contributed by atoms with E-state index in [9.17, 15) is 0 Å². The summed E-state index contributed by atoms with van der Waals surface area (Å²) in [5.74, 6) is 0. The van der Waals surface area contributed by atoms with Gasteiger partial charge in [0.2, 0.25) is 5.71 Å². The molecule has 2 aromatic heterocycles. The number of hydrogen-bond donors (Lipinski definition) is 1. The molecule has 0 spiro atoms. The maximum Gasteiger partial charge on any atom is 0.229 e. The molecule has 0 unspecified atom stereocenters. The van der Waals surface area contributed by atoms with Crippen molar-refractivity contribution in [3.8, 4) is 33.4 Å². The number of nitrogens with one attached hydrogen (secondary N) is 1. The first-order valence-corrected chi connectivity index (χ1v) is 12.1. The summed E-state index contributed by atoms with van der Waals surface area (Å²) in [7, 11) is 0. The number of rotatable bonds is 3. The molecule has 7 aromatic rings. The van der Waals surface area contributed by atoms with Crippen LogP contribution in [0.4, 0.5) is 11.4 Å². The minimum absolute atomic E-state index is 0.645. The predicted molar refractivity (Wildman–Crippen MR) is 149 cm³/mol. The molecule has 0 aliphatic heterocycles. The average Bonchev–Trinajstić information content (AvgIpc) is 3.47. The largest absolute Gasteiger partial charge is 0.438 e. The van der Waals surface area contributed by atoms with Crippen LogP contribution in [0.3, 0.4) is 0 Å². The van der Waals surface area contributed by atoms with E-state index in [1.807, 2.05) is 24.3 Å². The van der Waals surface area contributed by atoms with Gasteiger partial charge >= 0.3 is 0 Å². The predicted octanol–water partition coefficient (Wildman–Crippen LogP) is 9.19. The van der Waals surface area contributed by atoms with Crippen LogP contribution in [0.1, 0.15) is 0 Å². The molecule has 0 saturated heterocycles. The van der Waals surface area contributed by atoms with Crippen LogP contribution in [-0.4, -0.2) is 4.98 Å². The van der Waals surface area contributed by atoms with E-state index in [1.54, 1.807) is 6.20 Å². The molecular formula is C33H20N2O. The summed E-state index contributed by atoms with van der Waals surface area (Å²) in [6.07, 6.45) is 1.78. The molecule has 3 nitrogen and oxygen atoms in total. The summed E-state index contributed by atoms with van der Waals surface area (Å²) >= 11 is 0. The van der Waals surface area contributed by atoms with Crippen LogP contribution in [0.2, 0.25) is 0 Å². The van der Waals surface area contributed by atoms with Gasteiger partial charge in [0.15, 0.2) is 0 Å². The lowest BCUT2D eigenvalue weighted by atomic mass is 9.94. The van der Waals surface area contributed by atoms with E-state index in [2.05, 4.69) is 95.2 Å². The third-order valence-corrected chi connectivity index (χ3v) is 7.30. The number of nitrogens with zero attached hydrogens (tertiary/aromatic N) is 1. The number of benzene rings is 5. The van der Waals surface area contributed by atoms with Gasteiger partial charge in [-0.15, -0.1) is 0 Å². The average molecular weight is 461 g/mol. The van der Waals surface area contributed by atoms with Crippen molar-refractivity contribution in [2.24, 2.45) is 0 Å². The van der Waals surface area contributed by atoms with Crippen LogP contribution in [0, 0.1) is 0 Å². The maximum absolute atomic E-state index is 5.95. The zero-order chi connectivity index (χ0) is 23.6. The van der Waals surface area contributed by atoms with Crippen molar-refractivity contribution < 1.29 is 4.42 Å². The number of para-hydroxylation sites is 1. The summed E-state index contributed by atoms with van der Waals surface area (Å²) in [5.41, 5.74) is 11.3. The first-order chi connectivity index (χ1) is 17.8. The lowest BCUT2D eigenvalue weighted by Gasteiger charge is -2.12. The van der Waals surface area contributed by atoms with Crippen molar-refractivity contribution in [1.29, 1.82) is 0 Å². The molecule has 1 aliphatic carbocycles. The lowest BCUT2D eigenvalue weighted by Crippen LogP contribution is -1.92. The number of fused-ring (bicyclic) bond motifs is 6. The molecule has 5 aromatic carbocycles. The molecule has 1 aliphatic rings. The second kappa shape index (κ2) is 7.30. The molecule has 3 heteroatoms. The quantitative estimate of drug-likeness (QED) is 0.286. The van der Waals surface area contributed by atoms with Gasteiger partial charge in [-0.25, -0.2) is 4.98 Å². The van der Waals surface area contributed by atoms with Gasteiger partial charge < -0.3 is 9.73 Å². The van der Waals surface area contributed by atoms with Crippen LogP contribution >= 0.6 is 0 Å².